The van der Waals surface area contributed by atoms with Gasteiger partial charge in [0.1, 0.15) is 0 Å². The van der Waals surface area contributed by atoms with Crippen LogP contribution in [-0.2, 0) is 4.79 Å². The Hall–Kier alpha value is -1.81. The first kappa shape index (κ1) is 15.6. The van der Waals surface area contributed by atoms with E-state index in [9.17, 15) is 4.79 Å². The zero-order chi connectivity index (χ0) is 15.2. The molecular formula is C17H20N2OS. The van der Waals surface area contributed by atoms with Crippen molar-refractivity contribution in [2.45, 2.75) is 37.5 Å². The average Bonchev–Trinajstić information content (AvgIpc) is 2.49. The summed E-state index contributed by atoms with van der Waals surface area (Å²) in [5.41, 5.74) is 3.10. The Kier molecular flexibility index (Phi) is 5.39. The largest absolute Gasteiger partial charge is 0.325 e. The molecule has 0 aliphatic rings. The van der Waals surface area contributed by atoms with Crippen LogP contribution in [0.25, 0.3) is 0 Å². The Labute approximate surface area is 130 Å². The first-order valence-electron chi connectivity index (χ1n) is 7.06. The van der Waals surface area contributed by atoms with E-state index in [-0.39, 0.29) is 11.2 Å². The number of hydrogen-bond acceptors (Lipinski definition) is 3. The minimum absolute atomic E-state index is 0.0295. The third-order valence-corrected chi connectivity index (χ3v) is 4.53. The molecule has 0 bridgehead atoms. The van der Waals surface area contributed by atoms with Gasteiger partial charge in [-0.05, 0) is 49.6 Å². The second-order valence-corrected chi connectivity index (χ2v) is 6.21. The van der Waals surface area contributed by atoms with Gasteiger partial charge >= 0.3 is 0 Å². The van der Waals surface area contributed by atoms with Crippen LogP contribution in [0.1, 0.15) is 24.5 Å². The molecule has 21 heavy (non-hydrogen) atoms. The first-order valence-corrected chi connectivity index (χ1v) is 7.94. The van der Waals surface area contributed by atoms with Gasteiger partial charge in [-0.1, -0.05) is 36.9 Å². The van der Waals surface area contributed by atoms with Crippen LogP contribution >= 0.6 is 11.8 Å². The van der Waals surface area contributed by atoms with E-state index in [4.69, 9.17) is 0 Å². The van der Waals surface area contributed by atoms with Crippen molar-refractivity contribution in [1.29, 1.82) is 0 Å². The van der Waals surface area contributed by atoms with Crippen LogP contribution in [0.5, 0.6) is 0 Å². The molecule has 0 saturated carbocycles. The van der Waals surface area contributed by atoms with E-state index in [1.54, 1.807) is 6.20 Å². The van der Waals surface area contributed by atoms with Crippen molar-refractivity contribution >= 4 is 23.4 Å². The predicted octanol–water partition coefficient (Wildman–Crippen LogP) is 4.21. The lowest BCUT2D eigenvalue weighted by atomic mass is 10.1. The topological polar surface area (TPSA) is 42.0 Å². The summed E-state index contributed by atoms with van der Waals surface area (Å²) >= 11 is 1.50. The van der Waals surface area contributed by atoms with Crippen LogP contribution < -0.4 is 5.32 Å². The van der Waals surface area contributed by atoms with E-state index in [1.807, 2.05) is 57.2 Å². The lowest BCUT2D eigenvalue weighted by molar-refractivity contribution is -0.115. The number of amides is 1. The molecule has 1 unspecified atom stereocenters. The van der Waals surface area contributed by atoms with Crippen molar-refractivity contribution in [3.8, 4) is 0 Å². The predicted molar refractivity (Wildman–Crippen MR) is 88.7 cm³/mol. The second-order valence-electron chi connectivity index (χ2n) is 4.99. The Morgan fingerprint density at radius 3 is 2.76 bits per heavy atom. The van der Waals surface area contributed by atoms with Crippen molar-refractivity contribution in [3.05, 3.63) is 53.7 Å². The first-order chi connectivity index (χ1) is 10.1. The molecule has 0 radical (unpaired) electrons. The molecule has 2 aromatic rings. The number of hydrogen-bond donors (Lipinski definition) is 1. The highest BCUT2D eigenvalue weighted by Crippen LogP contribution is 2.25. The van der Waals surface area contributed by atoms with Crippen LogP contribution in [0.4, 0.5) is 5.69 Å². The number of thioether (sulfide) groups is 1. The van der Waals surface area contributed by atoms with E-state index in [1.165, 1.54) is 11.8 Å². The van der Waals surface area contributed by atoms with Crippen LogP contribution in [-0.4, -0.2) is 16.1 Å². The highest BCUT2D eigenvalue weighted by molar-refractivity contribution is 8.00. The molecule has 2 rings (SSSR count). The van der Waals surface area contributed by atoms with E-state index >= 15 is 0 Å². The molecule has 0 spiro atoms. The van der Waals surface area contributed by atoms with Gasteiger partial charge in [0.05, 0.1) is 10.3 Å². The summed E-state index contributed by atoms with van der Waals surface area (Å²) in [6, 6.07) is 11.8. The molecule has 0 aliphatic heterocycles. The number of carbonyl (C=O) groups excluding carboxylic acids is 1. The highest BCUT2D eigenvalue weighted by Gasteiger charge is 2.19. The van der Waals surface area contributed by atoms with Crippen molar-refractivity contribution in [2.75, 3.05) is 5.32 Å². The van der Waals surface area contributed by atoms with Crippen molar-refractivity contribution in [2.24, 2.45) is 0 Å². The Balaban J connectivity index is 2.08. The SMILES string of the molecule is CCC(Sc1ccccn1)C(=O)Nc1cc(C)ccc1C. The minimum atomic E-state index is -0.139. The average molecular weight is 300 g/mol. The lowest BCUT2D eigenvalue weighted by Crippen LogP contribution is -2.25. The van der Waals surface area contributed by atoms with Crippen LogP contribution in [0.3, 0.4) is 0 Å². The number of carbonyl (C=O) groups is 1. The van der Waals surface area contributed by atoms with Crippen molar-refractivity contribution < 1.29 is 4.79 Å². The number of pyridine rings is 1. The molecule has 1 heterocycles. The number of rotatable bonds is 5. The molecule has 1 aromatic heterocycles. The Morgan fingerprint density at radius 1 is 1.29 bits per heavy atom. The number of aryl methyl sites for hydroxylation is 2. The van der Waals surface area contributed by atoms with Crippen molar-refractivity contribution in [1.82, 2.24) is 4.98 Å². The van der Waals surface area contributed by atoms with Gasteiger partial charge in [0.15, 0.2) is 0 Å². The number of aromatic nitrogens is 1. The number of anilines is 1. The molecule has 0 aliphatic carbocycles. The fraction of sp³-hybridized carbons (Fsp3) is 0.294. The molecule has 1 aromatic carbocycles. The number of nitrogens with zero attached hydrogens (tertiary/aromatic N) is 1. The lowest BCUT2D eigenvalue weighted by Gasteiger charge is -2.15. The third kappa shape index (κ3) is 4.33. The Morgan fingerprint density at radius 2 is 2.10 bits per heavy atom. The summed E-state index contributed by atoms with van der Waals surface area (Å²) in [5, 5.41) is 3.77. The van der Waals surface area contributed by atoms with Gasteiger partial charge in [0.25, 0.3) is 0 Å². The number of benzene rings is 1. The molecule has 1 amide bonds. The van der Waals surface area contributed by atoms with Gasteiger partial charge < -0.3 is 5.32 Å². The van der Waals surface area contributed by atoms with E-state index in [2.05, 4.69) is 10.3 Å². The molecule has 1 atom stereocenters. The molecule has 1 N–H and O–H groups in total. The van der Waals surface area contributed by atoms with Gasteiger partial charge in [-0.2, -0.15) is 0 Å². The molecule has 3 nitrogen and oxygen atoms in total. The maximum Gasteiger partial charge on any atom is 0.237 e. The third-order valence-electron chi connectivity index (χ3n) is 3.21. The summed E-state index contributed by atoms with van der Waals surface area (Å²) in [7, 11) is 0. The zero-order valence-electron chi connectivity index (χ0n) is 12.6. The molecule has 0 saturated heterocycles. The van der Waals surface area contributed by atoms with Crippen LogP contribution in [0, 0.1) is 13.8 Å². The highest BCUT2D eigenvalue weighted by atomic mass is 32.2. The van der Waals surface area contributed by atoms with E-state index < -0.39 is 0 Å². The van der Waals surface area contributed by atoms with Gasteiger partial charge in [-0.3, -0.25) is 4.79 Å². The van der Waals surface area contributed by atoms with Gasteiger partial charge in [-0.15, -0.1) is 0 Å². The summed E-state index contributed by atoms with van der Waals surface area (Å²) in [6.45, 7) is 6.04. The summed E-state index contributed by atoms with van der Waals surface area (Å²) in [4.78, 5) is 16.7. The maximum absolute atomic E-state index is 12.5. The van der Waals surface area contributed by atoms with Gasteiger partial charge in [-0.25, -0.2) is 4.98 Å². The normalized spacial score (nSPS) is 12.0. The molecular weight excluding hydrogens is 280 g/mol. The maximum atomic E-state index is 12.5. The monoisotopic (exact) mass is 300 g/mol. The van der Waals surface area contributed by atoms with Gasteiger partial charge in [0.2, 0.25) is 5.91 Å². The van der Waals surface area contributed by atoms with Crippen LogP contribution in [0.2, 0.25) is 0 Å². The molecule has 0 fully saturated rings. The summed E-state index contributed by atoms with van der Waals surface area (Å²) < 4.78 is 0. The molecule has 4 heteroatoms. The molecule has 110 valence electrons. The zero-order valence-corrected chi connectivity index (χ0v) is 13.4. The van der Waals surface area contributed by atoms with Gasteiger partial charge in [0, 0.05) is 11.9 Å². The summed E-state index contributed by atoms with van der Waals surface area (Å²) in [6.07, 6.45) is 2.51. The standard InChI is InChI=1S/C17H20N2OS/c1-4-15(21-16-7-5-6-10-18-16)17(20)19-14-11-12(2)8-9-13(14)3/h5-11,15H,4H2,1-3H3,(H,19,20). The van der Waals surface area contributed by atoms with Crippen molar-refractivity contribution in [3.63, 3.8) is 0 Å². The van der Waals surface area contributed by atoms with E-state index in [0.29, 0.717) is 0 Å². The van der Waals surface area contributed by atoms with E-state index in [0.717, 1.165) is 28.3 Å². The number of nitrogens with one attached hydrogen (secondary N) is 1. The second kappa shape index (κ2) is 7.27. The van der Waals surface area contributed by atoms with Crippen LogP contribution in [0.15, 0.2) is 47.6 Å². The fourth-order valence-corrected chi connectivity index (χ4v) is 2.87. The smallest absolute Gasteiger partial charge is 0.237 e. The minimum Gasteiger partial charge on any atom is -0.325 e. The Bertz CT molecular complexity index is 613. The quantitative estimate of drug-likeness (QED) is 0.841. The fourth-order valence-electron chi connectivity index (χ4n) is 1.97. The summed E-state index contributed by atoms with van der Waals surface area (Å²) in [5.74, 6) is 0.0295.